The van der Waals surface area contributed by atoms with Gasteiger partial charge >= 0.3 is 6.03 Å². The number of anilines is 1. The lowest BCUT2D eigenvalue weighted by atomic mass is 10.2. The lowest BCUT2D eigenvalue weighted by molar-refractivity contribution is -0.0679. The summed E-state index contributed by atoms with van der Waals surface area (Å²) in [6.45, 7) is 7.63. The minimum atomic E-state index is -0.243. The van der Waals surface area contributed by atoms with Crippen molar-refractivity contribution < 1.29 is 9.53 Å². The molecule has 5 nitrogen and oxygen atoms in total. The number of carbonyl (C=O) groups excluding carboxylic acids is 1. The van der Waals surface area contributed by atoms with Gasteiger partial charge in [0.1, 0.15) is 0 Å². The van der Waals surface area contributed by atoms with E-state index in [2.05, 4.69) is 29.4 Å². The van der Waals surface area contributed by atoms with Crippen LogP contribution in [0.15, 0.2) is 18.2 Å². The van der Waals surface area contributed by atoms with Gasteiger partial charge in [0.15, 0.2) is 0 Å². The first-order valence-electron chi connectivity index (χ1n) is 7.81. The number of morpholine rings is 1. The number of halogens is 2. The third-order valence-corrected chi connectivity index (χ3v) is 4.35. The van der Waals surface area contributed by atoms with Crippen molar-refractivity contribution in [1.82, 2.24) is 10.2 Å². The van der Waals surface area contributed by atoms with Crippen molar-refractivity contribution in [3.63, 3.8) is 0 Å². The topological polar surface area (TPSA) is 53.6 Å². The lowest BCUT2D eigenvalue weighted by Crippen LogP contribution is -2.46. The quantitative estimate of drug-likeness (QED) is 0.789. The molecule has 0 unspecified atom stereocenters. The number of nitrogens with one attached hydrogen (secondary N) is 2. The second-order valence-corrected chi connectivity index (χ2v) is 6.69. The molecule has 1 heterocycles. The molecule has 0 bridgehead atoms. The Bertz CT molecular complexity index is 532. The smallest absolute Gasteiger partial charge is 0.319 e. The molecule has 1 fully saturated rings. The summed E-state index contributed by atoms with van der Waals surface area (Å²) in [7, 11) is 0. The number of hydrogen-bond acceptors (Lipinski definition) is 3. The van der Waals surface area contributed by atoms with Gasteiger partial charge in [-0.2, -0.15) is 0 Å². The molecule has 128 valence electrons. The Balaban J connectivity index is 1.65. The summed E-state index contributed by atoms with van der Waals surface area (Å²) in [6, 6.07) is 4.75. The van der Waals surface area contributed by atoms with Gasteiger partial charge in [-0.25, -0.2) is 4.79 Å². The second-order valence-electron chi connectivity index (χ2n) is 5.88. The van der Waals surface area contributed by atoms with Crippen LogP contribution in [0.3, 0.4) is 0 Å². The summed E-state index contributed by atoms with van der Waals surface area (Å²) < 4.78 is 5.70. The van der Waals surface area contributed by atoms with E-state index in [1.54, 1.807) is 18.2 Å². The number of carbonyl (C=O) groups is 1. The molecule has 1 saturated heterocycles. The fourth-order valence-electron chi connectivity index (χ4n) is 2.72. The molecule has 1 aliphatic heterocycles. The summed E-state index contributed by atoms with van der Waals surface area (Å²) in [5, 5.41) is 6.46. The fraction of sp³-hybridized carbons (Fsp3) is 0.562. The van der Waals surface area contributed by atoms with Gasteiger partial charge in [-0.3, -0.25) is 4.90 Å². The first-order chi connectivity index (χ1) is 10.9. The lowest BCUT2D eigenvalue weighted by Gasteiger charge is -2.35. The molecular weight excluding hydrogens is 337 g/mol. The Morgan fingerprint density at radius 1 is 1.26 bits per heavy atom. The number of ether oxygens (including phenoxy) is 1. The largest absolute Gasteiger partial charge is 0.373 e. The zero-order valence-corrected chi connectivity index (χ0v) is 15.0. The molecule has 2 rings (SSSR count). The molecule has 1 aromatic carbocycles. The third kappa shape index (κ3) is 6.18. The van der Waals surface area contributed by atoms with Gasteiger partial charge in [0.05, 0.1) is 22.3 Å². The molecule has 2 atom stereocenters. The zero-order valence-electron chi connectivity index (χ0n) is 13.4. The average Bonchev–Trinajstić information content (AvgIpc) is 2.46. The van der Waals surface area contributed by atoms with E-state index in [1.165, 1.54) is 0 Å². The second kappa shape index (κ2) is 8.73. The summed E-state index contributed by atoms with van der Waals surface area (Å²) in [6.07, 6.45) is 1.43. The number of nitrogens with zero attached hydrogens (tertiary/aromatic N) is 1. The van der Waals surface area contributed by atoms with Crippen LogP contribution in [-0.2, 0) is 4.74 Å². The van der Waals surface area contributed by atoms with Crippen LogP contribution in [0.4, 0.5) is 10.5 Å². The Morgan fingerprint density at radius 3 is 2.61 bits per heavy atom. The van der Waals surface area contributed by atoms with Crippen molar-refractivity contribution in [1.29, 1.82) is 0 Å². The minimum Gasteiger partial charge on any atom is -0.373 e. The maximum atomic E-state index is 11.8. The van der Waals surface area contributed by atoms with Crippen LogP contribution in [0.25, 0.3) is 0 Å². The van der Waals surface area contributed by atoms with Crippen LogP contribution in [0.1, 0.15) is 20.3 Å². The zero-order chi connectivity index (χ0) is 16.8. The van der Waals surface area contributed by atoms with E-state index in [0.29, 0.717) is 22.3 Å². The Kier molecular flexibility index (Phi) is 6.96. The van der Waals surface area contributed by atoms with Crippen molar-refractivity contribution in [2.24, 2.45) is 0 Å². The number of hydrogen-bond donors (Lipinski definition) is 2. The standard InChI is InChI=1S/C16H23Cl2N3O2/c1-11-9-21(10-12(2)23-11)7-3-6-19-16(22)20-13-4-5-14(17)15(18)8-13/h4-5,8,11-12H,3,6-7,9-10H2,1-2H3,(H2,19,20,22)/t11-,12-/m0/s1. The molecular formula is C16H23Cl2N3O2. The fourth-order valence-corrected chi connectivity index (χ4v) is 3.02. The van der Waals surface area contributed by atoms with Crippen molar-refractivity contribution in [3.05, 3.63) is 28.2 Å². The van der Waals surface area contributed by atoms with E-state index in [0.717, 1.165) is 26.1 Å². The molecule has 0 saturated carbocycles. The number of urea groups is 1. The average molecular weight is 360 g/mol. The third-order valence-electron chi connectivity index (χ3n) is 3.61. The molecule has 0 spiro atoms. The predicted octanol–water partition coefficient (Wildman–Crippen LogP) is 3.61. The minimum absolute atomic E-state index is 0.243. The first kappa shape index (κ1) is 18.3. The molecule has 0 radical (unpaired) electrons. The molecule has 2 N–H and O–H groups in total. The number of benzene rings is 1. The van der Waals surface area contributed by atoms with E-state index in [1.807, 2.05) is 0 Å². The number of rotatable bonds is 5. The first-order valence-corrected chi connectivity index (χ1v) is 8.57. The predicted molar refractivity (Wildman–Crippen MR) is 94.5 cm³/mol. The summed E-state index contributed by atoms with van der Waals surface area (Å²) in [5.74, 6) is 0. The van der Waals surface area contributed by atoms with Crippen molar-refractivity contribution in [3.8, 4) is 0 Å². The van der Waals surface area contributed by atoms with E-state index in [9.17, 15) is 4.79 Å². The highest BCUT2D eigenvalue weighted by molar-refractivity contribution is 6.42. The van der Waals surface area contributed by atoms with Crippen LogP contribution < -0.4 is 10.6 Å². The van der Waals surface area contributed by atoms with Gasteiger partial charge in [-0.15, -0.1) is 0 Å². The Hall–Kier alpha value is -1.01. The van der Waals surface area contributed by atoms with Crippen molar-refractivity contribution in [2.75, 3.05) is 31.5 Å². The summed E-state index contributed by atoms with van der Waals surface area (Å²) in [5.41, 5.74) is 0.618. The van der Waals surface area contributed by atoms with E-state index < -0.39 is 0 Å². The molecule has 23 heavy (non-hydrogen) atoms. The molecule has 2 amide bonds. The molecule has 7 heteroatoms. The molecule has 1 aliphatic rings. The summed E-state index contributed by atoms with van der Waals surface area (Å²) in [4.78, 5) is 14.2. The van der Waals surface area contributed by atoms with Crippen LogP contribution >= 0.6 is 23.2 Å². The normalized spacial score (nSPS) is 21.9. The highest BCUT2D eigenvalue weighted by Crippen LogP contribution is 2.24. The molecule has 0 aliphatic carbocycles. The van der Waals surface area contributed by atoms with E-state index in [4.69, 9.17) is 27.9 Å². The monoisotopic (exact) mass is 359 g/mol. The SMILES string of the molecule is C[C@H]1CN(CCCNC(=O)Nc2ccc(Cl)c(Cl)c2)C[C@H](C)O1. The van der Waals surface area contributed by atoms with Gasteiger partial charge in [0, 0.05) is 31.9 Å². The number of amides is 2. The highest BCUT2D eigenvalue weighted by Gasteiger charge is 2.21. The van der Waals surface area contributed by atoms with Crippen LogP contribution in [0.5, 0.6) is 0 Å². The van der Waals surface area contributed by atoms with Crippen molar-refractivity contribution >= 4 is 34.9 Å². The van der Waals surface area contributed by atoms with Gasteiger partial charge < -0.3 is 15.4 Å². The van der Waals surface area contributed by atoms with Gasteiger partial charge in [-0.05, 0) is 38.5 Å². The Labute approximate surface area is 147 Å². The molecule has 0 aromatic heterocycles. The van der Waals surface area contributed by atoms with Gasteiger partial charge in [0.2, 0.25) is 0 Å². The van der Waals surface area contributed by atoms with Crippen molar-refractivity contribution in [2.45, 2.75) is 32.5 Å². The maximum Gasteiger partial charge on any atom is 0.319 e. The molecule has 1 aromatic rings. The highest BCUT2D eigenvalue weighted by atomic mass is 35.5. The van der Waals surface area contributed by atoms with E-state index in [-0.39, 0.29) is 18.2 Å². The van der Waals surface area contributed by atoms with Crippen LogP contribution in [0.2, 0.25) is 10.0 Å². The van der Waals surface area contributed by atoms with Crippen LogP contribution in [-0.4, -0.2) is 49.3 Å². The summed E-state index contributed by atoms with van der Waals surface area (Å²) >= 11 is 11.8. The van der Waals surface area contributed by atoms with Crippen LogP contribution in [0, 0.1) is 0 Å². The van der Waals surface area contributed by atoms with Gasteiger partial charge in [0.25, 0.3) is 0 Å². The van der Waals surface area contributed by atoms with Gasteiger partial charge in [-0.1, -0.05) is 23.2 Å². The maximum absolute atomic E-state index is 11.8. The Morgan fingerprint density at radius 2 is 1.96 bits per heavy atom. The van der Waals surface area contributed by atoms with E-state index >= 15 is 0 Å².